The quantitative estimate of drug-likeness (QED) is 0.695. The molecule has 1 N–H and O–H groups in total. The van der Waals surface area contributed by atoms with Gasteiger partial charge >= 0.3 is 0 Å². The highest BCUT2D eigenvalue weighted by Crippen LogP contribution is 2.25. The Morgan fingerprint density at radius 1 is 1.50 bits per heavy atom. The predicted octanol–water partition coefficient (Wildman–Crippen LogP) is 2.35. The van der Waals surface area contributed by atoms with Crippen LogP contribution in [0.1, 0.15) is 6.92 Å². The largest absolute Gasteiger partial charge is 0.504 e. The number of benzene rings is 1. The molecule has 0 saturated carbocycles. The molecule has 1 aromatic carbocycles. The first-order chi connectivity index (χ1) is 5.74. The van der Waals surface area contributed by atoms with E-state index in [1.165, 1.54) is 0 Å². The highest BCUT2D eigenvalue weighted by atomic mass is 16.5. The Labute approximate surface area is 72.1 Å². The summed E-state index contributed by atoms with van der Waals surface area (Å²) in [4.78, 5) is 0. The fraction of sp³-hybridized carbons (Fsp3) is 0.200. The van der Waals surface area contributed by atoms with E-state index in [0.717, 1.165) is 0 Å². The number of phenols is 1. The monoisotopic (exact) mass is 164 g/mol. The molecule has 0 bridgehead atoms. The van der Waals surface area contributed by atoms with Gasteiger partial charge in [0.1, 0.15) is 6.10 Å². The van der Waals surface area contributed by atoms with Crippen LogP contribution < -0.4 is 4.74 Å². The average molecular weight is 164 g/mol. The van der Waals surface area contributed by atoms with Crippen molar-refractivity contribution >= 4 is 0 Å². The summed E-state index contributed by atoms with van der Waals surface area (Å²) in [6.07, 6.45) is 1.59. The van der Waals surface area contributed by atoms with Crippen LogP contribution in [-0.4, -0.2) is 11.2 Å². The molecule has 0 aliphatic rings. The molecule has 0 saturated heterocycles. The summed E-state index contributed by atoms with van der Waals surface area (Å²) in [5, 5.41) is 9.30. The van der Waals surface area contributed by atoms with Gasteiger partial charge in [0.15, 0.2) is 11.5 Å². The van der Waals surface area contributed by atoms with Crippen molar-refractivity contribution in [2.45, 2.75) is 13.0 Å². The first kappa shape index (κ1) is 8.65. The molecule has 1 rings (SSSR count). The second kappa shape index (κ2) is 3.81. The van der Waals surface area contributed by atoms with Crippen LogP contribution in [0.15, 0.2) is 36.9 Å². The van der Waals surface area contributed by atoms with E-state index in [2.05, 4.69) is 6.58 Å². The number of ether oxygens (including phenoxy) is 1. The first-order valence-electron chi connectivity index (χ1n) is 3.81. The lowest BCUT2D eigenvalue weighted by Gasteiger charge is -2.10. The molecule has 0 heterocycles. The third-order valence-corrected chi connectivity index (χ3v) is 1.51. The topological polar surface area (TPSA) is 29.5 Å². The minimum Gasteiger partial charge on any atom is -0.504 e. The molecule has 0 spiro atoms. The number of hydrogen-bond acceptors (Lipinski definition) is 2. The van der Waals surface area contributed by atoms with Gasteiger partial charge in [0.05, 0.1) is 0 Å². The molecule has 0 aromatic heterocycles. The zero-order valence-electron chi connectivity index (χ0n) is 7.03. The molecular formula is C10H12O2. The lowest BCUT2D eigenvalue weighted by Crippen LogP contribution is -2.07. The lowest BCUT2D eigenvalue weighted by molar-refractivity contribution is 0.257. The Hall–Kier alpha value is -1.44. The summed E-state index contributed by atoms with van der Waals surface area (Å²) in [6.45, 7) is 5.44. The molecule has 0 fully saturated rings. The molecule has 0 aliphatic heterocycles. The summed E-state index contributed by atoms with van der Waals surface area (Å²) in [7, 11) is 0. The Balaban J connectivity index is 2.75. The molecule has 2 heteroatoms. The number of para-hydroxylation sites is 2. The molecule has 0 radical (unpaired) electrons. The van der Waals surface area contributed by atoms with Gasteiger partial charge in [-0.1, -0.05) is 24.8 Å². The van der Waals surface area contributed by atoms with Gasteiger partial charge in [-0.3, -0.25) is 0 Å². The van der Waals surface area contributed by atoms with Gasteiger partial charge < -0.3 is 9.84 Å². The van der Waals surface area contributed by atoms with E-state index in [0.29, 0.717) is 5.75 Å². The van der Waals surface area contributed by atoms with E-state index < -0.39 is 0 Å². The Bertz CT molecular complexity index is 268. The van der Waals surface area contributed by atoms with Crippen molar-refractivity contribution in [2.75, 3.05) is 0 Å². The normalized spacial score (nSPS) is 12.1. The summed E-state index contributed by atoms with van der Waals surface area (Å²) in [5.74, 6) is 0.649. The van der Waals surface area contributed by atoms with E-state index in [1.807, 2.05) is 13.0 Å². The van der Waals surface area contributed by atoms with Crippen molar-refractivity contribution in [3.63, 3.8) is 0 Å². The number of phenolic OH excluding ortho intramolecular Hbond substituents is 1. The van der Waals surface area contributed by atoms with Crippen molar-refractivity contribution in [1.82, 2.24) is 0 Å². The summed E-state index contributed by atoms with van der Waals surface area (Å²) in [6, 6.07) is 6.87. The average Bonchev–Trinajstić information content (AvgIpc) is 2.09. The van der Waals surface area contributed by atoms with Crippen LogP contribution in [0.25, 0.3) is 0 Å². The maximum Gasteiger partial charge on any atom is 0.161 e. The zero-order valence-corrected chi connectivity index (χ0v) is 7.03. The third kappa shape index (κ3) is 2.02. The number of hydrogen-bond donors (Lipinski definition) is 1. The van der Waals surface area contributed by atoms with Crippen LogP contribution in [-0.2, 0) is 0 Å². The van der Waals surface area contributed by atoms with Gasteiger partial charge in [-0.15, -0.1) is 0 Å². The van der Waals surface area contributed by atoms with Crippen molar-refractivity contribution in [1.29, 1.82) is 0 Å². The Kier molecular flexibility index (Phi) is 2.75. The van der Waals surface area contributed by atoms with Gasteiger partial charge in [-0.2, -0.15) is 0 Å². The van der Waals surface area contributed by atoms with Crippen molar-refractivity contribution in [3.05, 3.63) is 36.9 Å². The fourth-order valence-corrected chi connectivity index (χ4v) is 0.805. The molecule has 0 amide bonds. The SMILES string of the molecule is C=CC(C)Oc1ccccc1O. The highest BCUT2D eigenvalue weighted by molar-refractivity contribution is 5.38. The van der Waals surface area contributed by atoms with Gasteiger partial charge in [-0.05, 0) is 19.1 Å². The Morgan fingerprint density at radius 3 is 2.75 bits per heavy atom. The molecule has 1 atom stereocenters. The standard InChI is InChI=1S/C10H12O2/c1-3-8(2)12-10-7-5-4-6-9(10)11/h3-8,11H,1H2,2H3. The third-order valence-electron chi connectivity index (χ3n) is 1.51. The van der Waals surface area contributed by atoms with E-state index in [-0.39, 0.29) is 11.9 Å². The van der Waals surface area contributed by atoms with Crippen LogP contribution in [0, 0.1) is 0 Å². The maximum atomic E-state index is 9.30. The summed E-state index contributed by atoms with van der Waals surface area (Å²) >= 11 is 0. The molecule has 0 aliphatic carbocycles. The van der Waals surface area contributed by atoms with E-state index in [1.54, 1.807) is 24.3 Å². The van der Waals surface area contributed by atoms with E-state index in [4.69, 9.17) is 4.74 Å². The van der Waals surface area contributed by atoms with Crippen LogP contribution in [0.4, 0.5) is 0 Å². The molecular weight excluding hydrogens is 152 g/mol. The van der Waals surface area contributed by atoms with Crippen molar-refractivity contribution in [3.8, 4) is 11.5 Å². The van der Waals surface area contributed by atoms with Gasteiger partial charge in [-0.25, -0.2) is 0 Å². The van der Waals surface area contributed by atoms with Crippen molar-refractivity contribution < 1.29 is 9.84 Å². The van der Waals surface area contributed by atoms with E-state index >= 15 is 0 Å². The molecule has 12 heavy (non-hydrogen) atoms. The van der Waals surface area contributed by atoms with Crippen LogP contribution in [0.2, 0.25) is 0 Å². The van der Waals surface area contributed by atoms with Crippen LogP contribution >= 0.6 is 0 Å². The predicted molar refractivity (Wildman–Crippen MR) is 48.4 cm³/mol. The Morgan fingerprint density at radius 2 is 2.17 bits per heavy atom. The smallest absolute Gasteiger partial charge is 0.161 e. The molecule has 1 unspecified atom stereocenters. The van der Waals surface area contributed by atoms with Gasteiger partial charge in [0, 0.05) is 0 Å². The van der Waals surface area contributed by atoms with E-state index in [9.17, 15) is 5.11 Å². The van der Waals surface area contributed by atoms with Crippen molar-refractivity contribution in [2.24, 2.45) is 0 Å². The van der Waals surface area contributed by atoms with Crippen LogP contribution in [0.3, 0.4) is 0 Å². The molecule has 2 nitrogen and oxygen atoms in total. The van der Waals surface area contributed by atoms with Crippen LogP contribution in [0.5, 0.6) is 11.5 Å². The van der Waals surface area contributed by atoms with Gasteiger partial charge in [0.25, 0.3) is 0 Å². The fourth-order valence-electron chi connectivity index (χ4n) is 0.805. The first-order valence-corrected chi connectivity index (χ1v) is 3.81. The minimum absolute atomic E-state index is 0.0849. The summed E-state index contributed by atoms with van der Waals surface area (Å²) < 4.78 is 5.33. The molecule has 64 valence electrons. The number of rotatable bonds is 3. The maximum absolute atomic E-state index is 9.30. The minimum atomic E-state index is -0.0849. The lowest BCUT2D eigenvalue weighted by atomic mass is 10.3. The second-order valence-corrected chi connectivity index (χ2v) is 2.53. The number of aromatic hydroxyl groups is 1. The summed E-state index contributed by atoms with van der Waals surface area (Å²) in [5.41, 5.74) is 0. The zero-order chi connectivity index (χ0) is 8.97. The second-order valence-electron chi connectivity index (χ2n) is 2.53. The molecule has 1 aromatic rings. The van der Waals surface area contributed by atoms with Gasteiger partial charge in [0.2, 0.25) is 0 Å². The highest BCUT2D eigenvalue weighted by Gasteiger charge is 2.02.